The molecule has 0 aliphatic carbocycles. The Morgan fingerprint density at radius 2 is 2.33 bits per heavy atom. The normalized spacial score (nSPS) is 20.9. The summed E-state index contributed by atoms with van der Waals surface area (Å²) in [6.07, 6.45) is 2.22. The molecular formula is C13H17BrN2O2. The topological polar surface area (TPSA) is 66.6 Å². The molecule has 98 valence electrons. The number of aromatic carboxylic acids is 1. The van der Waals surface area contributed by atoms with Gasteiger partial charge < -0.3 is 10.8 Å². The number of piperidine rings is 1. The van der Waals surface area contributed by atoms with Crippen molar-refractivity contribution in [3.63, 3.8) is 0 Å². The molecule has 0 aromatic heterocycles. The highest BCUT2D eigenvalue weighted by Crippen LogP contribution is 2.22. The molecule has 1 fully saturated rings. The third-order valence-electron chi connectivity index (χ3n) is 3.24. The fourth-order valence-electron chi connectivity index (χ4n) is 2.28. The lowest BCUT2D eigenvalue weighted by Crippen LogP contribution is -2.42. The number of carboxylic acid groups (broad SMARTS) is 1. The molecule has 0 spiro atoms. The lowest BCUT2D eigenvalue weighted by atomic mass is 10.1. The number of rotatable bonds is 3. The van der Waals surface area contributed by atoms with Crippen molar-refractivity contribution in [3.8, 4) is 0 Å². The summed E-state index contributed by atoms with van der Waals surface area (Å²) in [5.41, 5.74) is 7.36. The standard InChI is InChI=1S/C13H17BrN2O2/c14-12-6-9(13(17)18)3-4-10(12)7-16-5-1-2-11(15)8-16/h3-4,6,11H,1-2,5,7-8,15H2,(H,17,18). The molecule has 1 aliphatic rings. The smallest absolute Gasteiger partial charge is 0.335 e. The number of carbonyl (C=O) groups is 1. The molecule has 4 nitrogen and oxygen atoms in total. The SMILES string of the molecule is NC1CCCN(Cc2ccc(C(=O)O)cc2Br)C1. The summed E-state index contributed by atoms with van der Waals surface area (Å²) in [5.74, 6) is -0.901. The summed E-state index contributed by atoms with van der Waals surface area (Å²) >= 11 is 3.44. The summed E-state index contributed by atoms with van der Waals surface area (Å²) in [4.78, 5) is 13.2. The number of benzene rings is 1. The molecule has 1 aromatic rings. The minimum atomic E-state index is -0.901. The van der Waals surface area contributed by atoms with Crippen molar-refractivity contribution in [1.82, 2.24) is 4.90 Å². The second kappa shape index (κ2) is 5.82. The molecule has 3 N–H and O–H groups in total. The van der Waals surface area contributed by atoms with Gasteiger partial charge in [0.2, 0.25) is 0 Å². The van der Waals surface area contributed by atoms with E-state index in [9.17, 15) is 4.79 Å². The van der Waals surface area contributed by atoms with E-state index in [1.807, 2.05) is 6.07 Å². The van der Waals surface area contributed by atoms with Gasteiger partial charge in [0.1, 0.15) is 0 Å². The van der Waals surface area contributed by atoms with Crippen molar-refractivity contribution in [3.05, 3.63) is 33.8 Å². The summed E-state index contributed by atoms with van der Waals surface area (Å²) < 4.78 is 0.849. The summed E-state index contributed by atoms with van der Waals surface area (Å²) in [7, 11) is 0. The van der Waals surface area contributed by atoms with E-state index in [2.05, 4.69) is 20.8 Å². The summed E-state index contributed by atoms with van der Waals surface area (Å²) in [6.45, 7) is 2.78. The molecule has 18 heavy (non-hydrogen) atoms. The zero-order chi connectivity index (χ0) is 13.1. The van der Waals surface area contributed by atoms with Crippen LogP contribution in [0.15, 0.2) is 22.7 Å². The first-order valence-corrected chi connectivity index (χ1v) is 6.85. The first-order chi connectivity index (χ1) is 8.56. The molecule has 0 amide bonds. The first-order valence-electron chi connectivity index (χ1n) is 6.06. The van der Waals surface area contributed by atoms with Crippen molar-refractivity contribution in [2.75, 3.05) is 13.1 Å². The van der Waals surface area contributed by atoms with E-state index in [4.69, 9.17) is 10.8 Å². The van der Waals surface area contributed by atoms with Crippen LogP contribution in [0.2, 0.25) is 0 Å². The van der Waals surface area contributed by atoms with E-state index in [1.54, 1.807) is 12.1 Å². The molecule has 1 atom stereocenters. The van der Waals surface area contributed by atoms with Gasteiger partial charge in [0.25, 0.3) is 0 Å². The van der Waals surface area contributed by atoms with Crippen LogP contribution in [0.25, 0.3) is 0 Å². The fraction of sp³-hybridized carbons (Fsp3) is 0.462. The highest BCUT2D eigenvalue weighted by molar-refractivity contribution is 9.10. The Hall–Kier alpha value is -0.910. The van der Waals surface area contributed by atoms with Gasteiger partial charge in [0.05, 0.1) is 5.56 Å². The maximum atomic E-state index is 10.8. The van der Waals surface area contributed by atoms with Gasteiger partial charge in [-0.1, -0.05) is 22.0 Å². The Morgan fingerprint density at radius 3 is 2.94 bits per heavy atom. The van der Waals surface area contributed by atoms with Crippen LogP contribution in [0.5, 0.6) is 0 Å². The van der Waals surface area contributed by atoms with Gasteiger partial charge in [-0.15, -0.1) is 0 Å². The van der Waals surface area contributed by atoms with Gasteiger partial charge in [0.15, 0.2) is 0 Å². The maximum absolute atomic E-state index is 10.8. The first kappa shape index (κ1) is 13.5. The molecule has 1 unspecified atom stereocenters. The van der Waals surface area contributed by atoms with Crippen molar-refractivity contribution < 1.29 is 9.90 Å². The van der Waals surface area contributed by atoms with Crippen LogP contribution in [0.1, 0.15) is 28.8 Å². The third kappa shape index (κ3) is 3.31. The zero-order valence-corrected chi connectivity index (χ0v) is 11.7. The lowest BCUT2D eigenvalue weighted by molar-refractivity contribution is 0.0697. The molecule has 1 aromatic carbocycles. The second-order valence-electron chi connectivity index (χ2n) is 4.75. The quantitative estimate of drug-likeness (QED) is 0.896. The predicted molar refractivity (Wildman–Crippen MR) is 73.6 cm³/mol. The predicted octanol–water partition coefficient (Wildman–Crippen LogP) is 2.07. The number of hydrogen-bond acceptors (Lipinski definition) is 3. The van der Waals surface area contributed by atoms with Crippen LogP contribution in [0.3, 0.4) is 0 Å². The van der Waals surface area contributed by atoms with Crippen LogP contribution in [0, 0.1) is 0 Å². The van der Waals surface area contributed by atoms with Crippen molar-refractivity contribution in [2.45, 2.75) is 25.4 Å². The van der Waals surface area contributed by atoms with Crippen molar-refractivity contribution in [2.24, 2.45) is 5.73 Å². The second-order valence-corrected chi connectivity index (χ2v) is 5.60. The van der Waals surface area contributed by atoms with Crippen LogP contribution in [-0.2, 0) is 6.54 Å². The summed E-state index contributed by atoms with van der Waals surface area (Å²) in [6, 6.07) is 5.43. The monoisotopic (exact) mass is 312 g/mol. The van der Waals surface area contributed by atoms with E-state index in [1.165, 1.54) is 0 Å². The van der Waals surface area contributed by atoms with E-state index < -0.39 is 5.97 Å². The van der Waals surface area contributed by atoms with Crippen molar-refractivity contribution >= 4 is 21.9 Å². The maximum Gasteiger partial charge on any atom is 0.335 e. The highest BCUT2D eigenvalue weighted by Gasteiger charge is 2.17. The number of likely N-dealkylation sites (tertiary alicyclic amines) is 1. The Morgan fingerprint density at radius 1 is 1.56 bits per heavy atom. The third-order valence-corrected chi connectivity index (χ3v) is 3.97. The van der Waals surface area contributed by atoms with Gasteiger partial charge in [-0.25, -0.2) is 4.79 Å². The molecule has 0 bridgehead atoms. The van der Waals surface area contributed by atoms with Crippen LogP contribution in [0.4, 0.5) is 0 Å². The highest BCUT2D eigenvalue weighted by atomic mass is 79.9. The number of hydrogen-bond donors (Lipinski definition) is 2. The minimum Gasteiger partial charge on any atom is -0.478 e. The van der Waals surface area contributed by atoms with E-state index in [0.717, 1.165) is 42.5 Å². The van der Waals surface area contributed by atoms with E-state index in [0.29, 0.717) is 5.56 Å². The van der Waals surface area contributed by atoms with E-state index in [-0.39, 0.29) is 6.04 Å². The zero-order valence-electron chi connectivity index (χ0n) is 10.1. The Labute approximate surface area is 115 Å². The molecule has 2 rings (SSSR count). The van der Waals surface area contributed by atoms with Gasteiger partial charge >= 0.3 is 5.97 Å². The average Bonchev–Trinajstić information content (AvgIpc) is 2.31. The van der Waals surface area contributed by atoms with Gasteiger partial charge in [-0.3, -0.25) is 4.90 Å². The van der Waals surface area contributed by atoms with Crippen LogP contribution >= 0.6 is 15.9 Å². The molecule has 0 radical (unpaired) electrons. The van der Waals surface area contributed by atoms with E-state index >= 15 is 0 Å². The van der Waals surface area contributed by atoms with Gasteiger partial charge in [-0.05, 0) is 37.1 Å². The Kier molecular flexibility index (Phi) is 4.37. The molecule has 1 aliphatic heterocycles. The molecule has 0 saturated carbocycles. The number of nitrogens with zero attached hydrogens (tertiary/aromatic N) is 1. The molecule has 1 saturated heterocycles. The molecule has 5 heteroatoms. The lowest BCUT2D eigenvalue weighted by Gasteiger charge is -2.30. The minimum absolute atomic E-state index is 0.260. The Balaban J connectivity index is 2.07. The molecule has 1 heterocycles. The van der Waals surface area contributed by atoms with Crippen LogP contribution < -0.4 is 5.73 Å². The Bertz CT molecular complexity index is 451. The number of carboxylic acids is 1. The largest absolute Gasteiger partial charge is 0.478 e. The fourth-order valence-corrected chi connectivity index (χ4v) is 2.79. The van der Waals surface area contributed by atoms with Gasteiger partial charge in [0, 0.05) is 23.6 Å². The summed E-state index contributed by atoms with van der Waals surface area (Å²) in [5, 5.41) is 8.91. The van der Waals surface area contributed by atoms with Crippen molar-refractivity contribution in [1.29, 1.82) is 0 Å². The van der Waals surface area contributed by atoms with Gasteiger partial charge in [-0.2, -0.15) is 0 Å². The number of halogens is 1. The van der Waals surface area contributed by atoms with Crippen LogP contribution in [-0.4, -0.2) is 35.1 Å². The number of nitrogens with two attached hydrogens (primary N) is 1. The molecular weight excluding hydrogens is 296 g/mol. The average molecular weight is 313 g/mol.